The predicted molar refractivity (Wildman–Crippen MR) is 70.2 cm³/mol. The molecule has 0 bridgehead atoms. The third kappa shape index (κ3) is 3.07. The van der Waals surface area contributed by atoms with Gasteiger partial charge < -0.3 is 4.98 Å². The molecule has 2 aromatic rings. The number of allylic oxidation sites excluding steroid dienone is 1. The van der Waals surface area contributed by atoms with Gasteiger partial charge in [0.15, 0.2) is 5.78 Å². The summed E-state index contributed by atoms with van der Waals surface area (Å²) in [6.07, 6.45) is 8.56. The lowest BCUT2D eigenvalue weighted by atomic mass is 10.1. The molecule has 0 unspecified atom stereocenters. The molecule has 0 aliphatic rings. The first kappa shape index (κ1) is 11.7. The standard InChI is InChI=1S/C13H12N2OS/c1-17-11-4-2-3-10(9-11)12(16)5-6-13-14-7-8-15-13/h2-9H,1H3,(H,14,15)/b6-5+. The molecule has 4 heteroatoms. The summed E-state index contributed by atoms with van der Waals surface area (Å²) < 4.78 is 0. The third-order valence-electron chi connectivity index (χ3n) is 2.27. The fourth-order valence-electron chi connectivity index (χ4n) is 1.40. The van der Waals surface area contributed by atoms with Crippen molar-refractivity contribution >= 4 is 23.6 Å². The molecule has 17 heavy (non-hydrogen) atoms. The van der Waals surface area contributed by atoms with Crippen LogP contribution in [0.5, 0.6) is 0 Å². The minimum atomic E-state index is -0.0164. The Labute approximate surface area is 104 Å². The summed E-state index contributed by atoms with van der Waals surface area (Å²) >= 11 is 1.62. The van der Waals surface area contributed by atoms with E-state index in [1.54, 1.807) is 30.2 Å². The predicted octanol–water partition coefficient (Wildman–Crippen LogP) is 3.03. The van der Waals surface area contributed by atoms with Crippen LogP contribution in [0, 0.1) is 0 Å². The van der Waals surface area contributed by atoms with E-state index in [0.717, 1.165) is 4.90 Å². The quantitative estimate of drug-likeness (QED) is 0.511. The number of imidazole rings is 1. The van der Waals surface area contributed by atoms with Gasteiger partial charge in [0.2, 0.25) is 0 Å². The van der Waals surface area contributed by atoms with Crippen molar-refractivity contribution in [2.75, 3.05) is 6.26 Å². The number of ketones is 1. The second-order valence-electron chi connectivity index (χ2n) is 3.40. The molecule has 0 spiro atoms. The van der Waals surface area contributed by atoms with Crippen LogP contribution in [0.2, 0.25) is 0 Å². The van der Waals surface area contributed by atoms with Gasteiger partial charge in [-0.15, -0.1) is 11.8 Å². The van der Waals surface area contributed by atoms with Crippen molar-refractivity contribution in [2.45, 2.75) is 4.90 Å². The molecule has 1 aromatic carbocycles. The zero-order chi connectivity index (χ0) is 12.1. The summed E-state index contributed by atoms with van der Waals surface area (Å²) in [6.45, 7) is 0. The van der Waals surface area contributed by atoms with Crippen LogP contribution in [0.4, 0.5) is 0 Å². The van der Waals surface area contributed by atoms with Crippen LogP contribution in [0.1, 0.15) is 16.2 Å². The van der Waals surface area contributed by atoms with E-state index in [2.05, 4.69) is 9.97 Å². The Morgan fingerprint density at radius 1 is 1.47 bits per heavy atom. The topological polar surface area (TPSA) is 45.8 Å². The molecule has 0 saturated heterocycles. The van der Waals surface area contributed by atoms with Crippen molar-refractivity contribution in [1.29, 1.82) is 0 Å². The Balaban J connectivity index is 2.14. The summed E-state index contributed by atoms with van der Waals surface area (Å²) in [5, 5.41) is 0. The third-order valence-corrected chi connectivity index (χ3v) is 2.99. The monoisotopic (exact) mass is 244 g/mol. The van der Waals surface area contributed by atoms with Gasteiger partial charge in [-0.25, -0.2) is 4.98 Å². The second-order valence-corrected chi connectivity index (χ2v) is 4.28. The normalized spacial score (nSPS) is 10.9. The van der Waals surface area contributed by atoms with Crippen LogP contribution in [0.3, 0.4) is 0 Å². The van der Waals surface area contributed by atoms with Gasteiger partial charge in [0.25, 0.3) is 0 Å². The molecule has 0 aliphatic carbocycles. The zero-order valence-corrected chi connectivity index (χ0v) is 10.2. The maximum absolute atomic E-state index is 11.9. The highest BCUT2D eigenvalue weighted by molar-refractivity contribution is 7.98. The first-order chi connectivity index (χ1) is 8.29. The Morgan fingerprint density at radius 3 is 3.06 bits per heavy atom. The first-order valence-corrected chi connectivity index (χ1v) is 6.38. The summed E-state index contributed by atoms with van der Waals surface area (Å²) in [4.78, 5) is 19.9. The van der Waals surface area contributed by atoms with Crippen LogP contribution in [0.15, 0.2) is 47.6 Å². The Morgan fingerprint density at radius 2 is 2.35 bits per heavy atom. The van der Waals surface area contributed by atoms with Crippen molar-refractivity contribution in [3.8, 4) is 0 Å². The fourth-order valence-corrected chi connectivity index (χ4v) is 1.86. The average molecular weight is 244 g/mol. The number of hydrogen-bond acceptors (Lipinski definition) is 3. The van der Waals surface area contributed by atoms with Crippen molar-refractivity contribution in [2.24, 2.45) is 0 Å². The first-order valence-electron chi connectivity index (χ1n) is 5.15. The van der Waals surface area contributed by atoms with Gasteiger partial charge >= 0.3 is 0 Å². The second kappa shape index (κ2) is 5.50. The van der Waals surface area contributed by atoms with Crippen molar-refractivity contribution in [1.82, 2.24) is 9.97 Å². The molecule has 86 valence electrons. The Kier molecular flexibility index (Phi) is 3.77. The van der Waals surface area contributed by atoms with E-state index in [1.807, 2.05) is 30.5 Å². The molecule has 2 rings (SSSR count). The highest BCUT2D eigenvalue weighted by Gasteiger charge is 2.02. The van der Waals surface area contributed by atoms with Gasteiger partial charge in [0.1, 0.15) is 5.82 Å². The zero-order valence-electron chi connectivity index (χ0n) is 9.38. The largest absolute Gasteiger partial charge is 0.345 e. The van der Waals surface area contributed by atoms with Crippen molar-refractivity contribution in [3.05, 3.63) is 54.1 Å². The Bertz CT molecular complexity index is 532. The van der Waals surface area contributed by atoms with E-state index in [9.17, 15) is 4.79 Å². The highest BCUT2D eigenvalue weighted by atomic mass is 32.2. The van der Waals surface area contributed by atoms with Crippen LogP contribution in [0.25, 0.3) is 6.08 Å². The SMILES string of the molecule is CSc1cccc(C(=O)/C=C/c2ncc[nH]2)c1. The molecule has 1 aromatic heterocycles. The molecule has 0 atom stereocenters. The van der Waals surface area contributed by atoms with E-state index in [0.29, 0.717) is 11.4 Å². The van der Waals surface area contributed by atoms with Gasteiger partial charge in [-0.1, -0.05) is 12.1 Å². The summed E-state index contributed by atoms with van der Waals surface area (Å²) in [5.41, 5.74) is 0.694. The van der Waals surface area contributed by atoms with Crippen molar-refractivity contribution < 1.29 is 4.79 Å². The van der Waals surface area contributed by atoms with E-state index < -0.39 is 0 Å². The Hall–Kier alpha value is -1.81. The molecule has 3 nitrogen and oxygen atoms in total. The lowest BCUT2D eigenvalue weighted by Crippen LogP contribution is -1.94. The molecular formula is C13H12N2OS. The molecule has 0 amide bonds. The molecule has 1 heterocycles. The minimum Gasteiger partial charge on any atom is -0.345 e. The number of thioether (sulfide) groups is 1. The minimum absolute atomic E-state index is 0.0164. The average Bonchev–Trinajstić information content (AvgIpc) is 2.89. The number of nitrogens with one attached hydrogen (secondary N) is 1. The van der Waals surface area contributed by atoms with Gasteiger partial charge in [-0.05, 0) is 30.5 Å². The van der Waals surface area contributed by atoms with Crippen LogP contribution in [-0.4, -0.2) is 22.0 Å². The number of hydrogen-bond donors (Lipinski definition) is 1. The van der Waals surface area contributed by atoms with E-state index in [4.69, 9.17) is 0 Å². The lowest BCUT2D eigenvalue weighted by molar-refractivity contribution is 0.104. The van der Waals surface area contributed by atoms with E-state index in [-0.39, 0.29) is 5.78 Å². The number of carbonyl (C=O) groups is 1. The van der Waals surface area contributed by atoms with Crippen molar-refractivity contribution in [3.63, 3.8) is 0 Å². The molecule has 0 fully saturated rings. The van der Waals surface area contributed by atoms with Crippen LogP contribution in [-0.2, 0) is 0 Å². The number of aromatic amines is 1. The maximum atomic E-state index is 11.9. The molecule has 0 radical (unpaired) electrons. The number of H-pyrrole nitrogens is 1. The number of aromatic nitrogens is 2. The smallest absolute Gasteiger partial charge is 0.186 e. The number of rotatable bonds is 4. The number of carbonyl (C=O) groups excluding carboxylic acids is 1. The highest BCUT2D eigenvalue weighted by Crippen LogP contribution is 2.16. The molecular weight excluding hydrogens is 232 g/mol. The molecule has 0 saturated carbocycles. The van der Waals surface area contributed by atoms with Gasteiger partial charge in [-0.2, -0.15) is 0 Å². The molecule has 1 N–H and O–H groups in total. The van der Waals surface area contributed by atoms with Gasteiger partial charge in [0.05, 0.1) is 0 Å². The summed E-state index contributed by atoms with van der Waals surface area (Å²) in [6, 6.07) is 7.57. The van der Waals surface area contributed by atoms with Gasteiger partial charge in [-0.3, -0.25) is 4.79 Å². The maximum Gasteiger partial charge on any atom is 0.186 e. The summed E-state index contributed by atoms with van der Waals surface area (Å²) in [5.74, 6) is 0.664. The van der Waals surface area contributed by atoms with E-state index >= 15 is 0 Å². The van der Waals surface area contributed by atoms with E-state index in [1.165, 1.54) is 6.08 Å². The van der Waals surface area contributed by atoms with Crippen LogP contribution >= 0.6 is 11.8 Å². The van der Waals surface area contributed by atoms with Crippen LogP contribution < -0.4 is 0 Å². The number of benzene rings is 1. The number of nitrogens with zero attached hydrogens (tertiary/aromatic N) is 1. The lowest BCUT2D eigenvalue weighted by Gasteiger charge is -1.98. The molecule has 0 aliphatic heterocycles. The fraction of sp³-hybridized carbons (Fsp3) is 0.0769. The summed E-state index contributed by atoms with van der Waals surface area (Å²) in [7, 11) is 0. The van der Waals surface area contributed by atoms with Gasteiger partial charge in [0, 0.05) is 22.9 Å².